The first kappa shape index (κ1) is 15.4. The summed E-state index contributed by atoms with van der Waals surface area (Å²) >= 11 is 0. The second-order valence-electron chi connectivity index (χ2n) is 7.18. The lowest BCUT2D eigenvalue weighted by molar-refractivity contribution is 0.0924. The van der Waals surface area contributed by atoms with E-state index in [1.54, 1.807) is 6.26 Å². The number of likely N-dealkylation sites (tertiary alicyclic amines) is 1. The second-order valence-corrected chi connectivity index (χ2v) is 7.18. The summed E-state index contributed by atoms with van der Waals surface area (Å²) in [6.07, 6.45) is 2.61. The second kappa shape index (κ2) is 6.05. The topological polar surface area (TPSA) is 76.2 Å². The molecule has 128 valence electrons. The van der Waals surface area contributed by atoms with Crippen LogP contribution in [0.2, 0.25) is 0 Å². The summed E-state index contributed by atoms with van der Waals surface area (Å²) in [5.74, 6) is 3.37. The molecule has 2 aliphatic heterocycles. The number of amides is 1. The SMILES string of the molecule is CC(C)NC(=O)c1nnc2n1C[C@H]1CN(Cc3ccco3)C[C@@H]1C2. The number of aromatic nitrogens is 3. The molecule has 0 saturated carbocycles. The van der Waals surface area contributed by atoms with Crippen LogP contribution >= 0.6 is 0 Å². The maximum Gasteiger partial charge on any atom is 0.289 e. The number of fused-ring (bicyclic) bond motifs is 2. The monoisotopic (exact) mass is 329 g/mol. The van der Waals surface area contributed by atoms with E-state index in [2.05, 4.69) is 20.4 Å². The van der Waals surface area contributed by atoms with E-state index in [-0.39, 0.29) is 11.9 Å². The van der Waals surface area contributed by atoms with Crippen molar-refractivity contribution in [1.82, 2.24) is 25.0 Å². The van der Waals surface area contributed by atoms with Crippen molar-refractivity contribution >= 4 is 5.91 Å². The Kier molecular flexibility index (Phi) is 3.88. The summed E-state index contributed by atoms with van der Waals surface area (Å²) in [4.78, 5) is 14.7. The van der Waals surface area contributed by atoms with Gasteiger partial charge in [0.25, 0.3) is 5.91 Å². The molecule has 0 aliphatic carbocycles. The highest BCUT2D eigenvalue weighted by Crippen LogP contribution is 2.33. The zero-order chi connectivity index (χ0) is 16.7. The van der Waals surface area contributed by atoms with Crippen LogP contribution in [-0.2, 0) is 19.5 Å². The number of rotatable bonds is 4. The molecule has 0 radical (unpaired) electrons. The van der Waals surface area contributed by atoms with Gasteiger partial charge >= 0.3 is 0 Å². The predicted molar refractivity (Wildman–Crippen MR) is 87.3 cm³/mol. The van der Waals surface area contributed by atoms with Crippen molar-refractivity contribution in [2.45, 2.75) is 39.4 Å². The summed E-state index contributed by atoms with van der Waals surface area (Å²) in [6.45, 7) is 7.64. The van der Waals surface area contributed by atoms with Crippen molar-refractivity contribution in [2.24, 2.45) is 11.8 Å². The molecule has 1 amide bonds. The first-order chi connectivity index (χ1) is 11.6. The molecule has 2 aromatic rings. The van der Waals surface area contributed by atoms with Crippen molar-refractivity contribution in [1.29, 1.82) is 0 Å². The summed E-state index contributed by atoms with van der Waals surface area (Å²) in [6, 6.07) is 4.04. The lowest BCUT2D eigenvalue weighted by Gasteiger charge is -2.25. The van der Waals surface area contributed by atoms with E-state index in [1.807, 2.05) is 30.5 Å². The third kappa shape index (κ3) is 2.84. The smallest absolute Gasteiger partial charge is 0.289 e. The summed E-state index contributed by atoms with van der Waals surface area (Å²) in [7, 11) is 0. The van der Waals surface area contributed by atoms with Crippen LogP contribution in [0.4, 0.5) is 0 Å². The summed E-state index contributed by atoms with van der Waals surface area (Å²) in [5.41, 5.74) is 0. The Morgan fingerprint density at radius 2 is 2.17 bits per heavy atom. The molecule has 1 N–H and O–H groups in total. The van der Waals surface area contributed by atoms with Gasteiger partial charge in [0.1, 0.15) is 11.6 Å². The molecule has 24 heavy (non-hydrogen) atoms. The van der Waals surface area contributed by atoms with Crippen molar-refractivity contribution in [3.05, 3.63) is 35.8 Å². The summed E-state index contributed by atoms with van der Waals surface area (Å²) < 4.78 is 7.47. The van der Waals surface area contributed by atoms with Crippen LogP contribution < -0.4 is 5.32 Å². The molecule has 4 heterocycles. The molecule has 2 aromatic heterocycles. The molecule has 2 aliphatic rings. The number of hydrogen-bond acceptors (Lipinski definition) is 5. The standard InChI is InChI=1S/C17H23N5O2/c1-11(2)18-17(23)16-20-19-15-6-12-7-21(8-13(12)9-22(15)16)10-14-4-3-5-24-14/h3-5,11-13H,6-10H2,1-2H3,(H,18,23)/t12-,13+/m0/s1. The lowest BCUT2D eigenvalue weighted by Crippen LogP contribution is -2.35. The molecule has 0 unspecified atom stereocenters. The minimum Gasteiger partial charge on any atom is -0.468 e. The van der Waals surface area contributed by atoms with Crippen molar-refractivity contribution in [3.63, 3.8) is 0 Å². The van der Waals surface area contributed by atoms with Crippen LogP contribution in [0.3, 0.4) is 0 Å². The van der Waals surface area contributed by atoms with E-state index in [9.17, 15) is 4.79 Å². The van der Waals surface area contributed by atoms with E-state index in [4.69, 9.17) is 4.42 Å². The number of carbonyl (C=O) groups is 1. The van der Waals surface area contributed by atoms with Crippen molar-refractivity contribution in [3.8, 4) is 0 Å². The number of furan rings is 1. The third-order valence-electron chi connectivity index (χ3n) is 4.92. The largest absolute Gasteiger partial charge is 0.468 e. The van der Waals surface area contributed by atoms with Gasteiger partial charge < -0.3 is 14.3 Å². The predicted octanol–water partition coefficient (Wildman–Crippen LogP) is 1.31. The normalized spacial score (nSPS) is 23.3. The van der Waals surface area contributed by atoms with Gasteiger partial charge in [-0.15, -0.1) is 10.2 Å². The highest BCUT2D eigenvalue weighted by Gasteiger charge is 2.39. The Bertz CT molecular complexity index is 721. The van der Waals surface area contributed by atoms with E-state index >= 15 is 0 Å². The van der Waals surface area contributed by atoms with Crippen LogP contribution in [0.1, 0.15) is 36.1 Å². The lowest BCUT2D eigenvalue weighted by atomic mass is 9.89. The molecule has 1 saturated heterocycles. The molecule has 0 bridgehead atoms. The highest BCUT2D eigenvalue weighted by molar-refractivity contribution is 5.90. The summed E-state index contributed by atoms with van der Waals surface area (Å²) in [5, 5.41) is 11.3. The Morgan fingerprint density at radius 3 is 2.92 bits per heavy atom. The van der Waals surface area contributed by atoms with Gasteiger partial charge in [-0.3, -0.25) is 9.69 Å². The van der Waals surface area contributed by atoms with Gasteiger partial charge in [0, 0.05) is 32.1 Å². The van der Waals surface area contributed by atoms with Gasteiger partial charge in [-0.05, 0) is 37.8 Å². The average molecular weight is 329 g/mol. The van der Waals surface area contributed by atoms with Gasteiger partial charge in [0.2, 0.25) is 5.82 Å². The van der Waals surface area contributed by atoms with Gasteiger partial charge in [-0.2, -0.15) is 0 Å². The van der Waals surface area contributed by atoms with Crippen LogP contribution in [0.25, 0.3) is 0 Å². The Labute approximate surface area is 141 Å². The minimum atomic E-state index is -0.132. The maximum atomic E-state index is 12.3. The molecule has 7 heteroatoms. The molecule has 0 aromatic carbocycles. The Balaban J connectivity index is 1.46. The van der Waals surface area contributed by atoms with E-state index in [0.29, 0.717) is 17.7 Å². The fourth-order valence-corrected chi connectivity index (χ4v) is 3.87. The zero-order valence-electron chi connectivity index (χ0n) is 14.1. The number of hydrogen-bond donors (Lipinski definition) is 1. The first-order valence-electron chi connectivity index (χ1n) is 8.58. The van der Waals surface area contributed by atoms with Gasteiger partial charge in [-0.25, -0.2) is 0 Å². The maximum absolute atomic E-state index is 12.3. The third-order valence-corrected chi connectivity index (χ3v) is 4.92. The Morgan fingerprint density at radius 1 is 1.33 bits per heavy atom. The van der Waals surface area contributed by atoms with Crippen molar-refractivity contribution < 1.29 is 9.21 Å². The average Bonchev–Trinajstić information content (AvgIpc) is 3.22. The van der Waals surface area contributed by atoms with E-state index < -0.39 is 0 Å². The van der Waals surface area contributed by atoms with E-state index in [1.165, 1.54) is 0 Å². The van der Waals surface area contributed by atoms with Crippen LogP contribution in [0, 0.1) is 11.8 Å². The molecular formula is C17H23N5O2. The molecule has 2 atom stereocenters. The van der Waals surface area contributed by atoms with Crippen LogP contribution in [0.15, 0.2) is 22.8 Å². The zero-order valence-corrected chi connectivity index (χ0v) is 14.1. The first-order valence-corrected chi connectivity index (χ1v) is 8.58. The fourth-order valence-electron chi connectivity index (χ4n) is 3.87. The molecular weight excluding hydrogens is 306 g/mol. The van der Waals surface area contributed by atoms with Gasteiger partial charge in [-0.1, -0.05) is 0 Å². The molecule has 0 spiro atoms. The molecule has 1 fully saturated rings. The number of nitrogens with zero attached hydrogens (tertiary/aromatic N) is 4. The Hall–Kier alpha value is -2.15. The highest BCUT2D eigenvalue weighted by atomic mass is 16.3. The number of carbonyl (C=O) groups excluding carboxylic acids is 1. The quantitative estimate of drug-likeness (QED) is 0.915. The minimum absolute atomic E-state index is 0.0945. The van der Waals surface area contributed by atoms with Crippen LogP contribution in [0.5, 0.6) is 0 Å². The number of nitrogens with one attached hydrogen (secondary N) is 1. The molecule has 7 nitrogen and oxygen atoms in total. The molecule has 4 rings (SSSR count). The van der Waals surface area contributed by atoms with Crippen LogP contribution in [-0.4, -0.2) is 44.7 Å². The van der Waals surface area contributed by atoms with Gasteiger partial charge in [0.05, 0.1) is 12.8 Å². The van der Waals surface area contributed by atoms with Gasteiger partial charge in [0.15, 0.2) is 0 Å². The fraction of sp³-hybridized carbons (Fsp3) is 0.588. The van der Waals surface area contributed by atoms with Crippen molar-refractivity contribution in [2.75, 3.05) is 13.1 Å². The van der Waals surface area contributed by atoms with E-state index in [0.717, 1.165) is 44.2 Å².